The maximum atomic E-state index is 14.2. The van der Waals surface area contributed by atoms with E-state index in [1.807, 2.05) is 19.9 Å². The van der Waals surface area contributed by atoms with E-state index in [2.05, 4.69) is 40.7 Å². The number of hydrogen-bond acceptors (Lipinski definition) is 3. The number of aliphatic carboxylic acids is 1. The number of carbonyl (C=O) groups is 3. The minimum atomic E-state index is -0.745. The van der Waals surface area contributed by atoms with Gasteiger partial charge in [-0.3, -0.25) is 14.4 Å². The monoisotopic (exact) mass is 466 g/mol. The molecule has 0 aromatic rings. The molecular formula is C30H42O4. The van der Waals surface area contributed by atoms with E-state index in [0.29, 0.717) is 12.8 Å². The lowest BCUT2D eigenvalue weighted by Gasteiger charge is -2.68. The van der Waals surface area contributed by atoms with E-state index >= 15 is 0 Å². The standard InChI is InChI=1S/C30H42O4/c1-25(2)12-14-30(24(33)34)15-13-28(6)18(19(30)17-25)16-20(31)23-27(5)10-9-22(32)26(3,4)21(27)8-11-29(23,28)7/h9-10,16,19,21,23H,8,11-15,17H2,1-7H3,(H,33,34)/t19-,21?,23-,27+,28-,29-,30+/m1/s1. The molecule has 0 aromatic carbocycles. The topological polar surface area (TPSA) is 71.4 Å². The Morgan fingerprint density at radius 2 is 1.59 bits per heavy atom. The maximum Gasteiger partial charge on any atom is 0.310 e. The first kappa shape index (κ1) is 24.0. The Labute approximate surface area is 204 Å². The van der Waals surface area contributed by atoms with Gasteiger partial charge in [0.1, 0.15) is 0 Å². The van der Waals surface area contributed by atoms with E-state index in [1.54, 1.807) is 6.08 Å². The van der Waals surface area contributed by atoms with Crippen LogP contribution in [-0.2, 0) is 14.4 Å². The molecule has 3 fully saturated rings. The van der Waals surface area contributed by atoms with Crippen LogP contribution >= 0.6 is 0 Å². The molecule has 5 aliphatic carbocycles. The molecule has 0 heterocycles. The van der Waals surface area contributed by atoms with Crippen molar-refractivity contribution < 1.29 is 19.5 Å². The highest BCUT2D eigenvalue weighted by Gasteiger charge is 2.70. The number of hydrogen-bond donors (Lipinski definition) is 1. The molecule has 3 saturated carbocycles. The third-order valence-electron chi connectivity index (χ3n) is 12.1. The van der Waals surface area contributed by atoms with Gasteiger partial charge in [-0.05, 0) is 85.2 Å². The molecule has 1 N–H and O–H groups in total. The van der Waals surface area contributed by atoms with Crippen LogP contribution in [-0.4, -0.2) is 22.6 Å². The van der Waals surface area contributed by atoms with Gasteiger partial charge in [0, 0.05) is 16.7 Å². The van der Waals surface area contributed by atoms with Gasteiger partial charge in [0.15, 0.2) is 11.6 Å². The van der Waals surface area contributed by atoms with E-state index in [9.17, 15) is 19.5 Å². The first-order valence-electron chi connectivity index (χ1n) is 13.3. The average Bonchev–Trinajstić information content (AvgIpc) is 2.72. The Balaban J connectivity index is 1.68. The van der Waals surface area contributed by atoms with E-state index < -0.39 is 16.8 Å². The van der Waals surface area contributed by atoms with E-state index in [-0.39, 0.29) is 51.0 Å². The third-order valence-corrected chi connectivity index (χ3v) is 12.1. The van der Waals surface area contributed by atoms with Crippen LogP contribution in [0.2, 0.25) is 0 Å². The fourth-order valence-corrected chi connectivity index (χ4v) is 9.76. The Hall–Kier alpha value is -1.71. The molecule has 0 saturated heterocycles. The van der Waals surface area contributed by atoms with Crippen LogP contribution in [0.1, 0.15) is 93.4 Å². The molecule has 7 atom stereocenters. The number of ketones is 2. The zero-order valence-electron chi connectivity index (χ0n) is 22.1. The van der Waals surface area contributed by atoms with Gasteiger partial charge in [0.2, 0.25) is 0 Å². The van der Waals surface area contributed by atoms with Crippen LogP contribution in [0.25, 0.3) is 0 Å². The number of carbonyl (C=O) groups excluding carboxylic acids is 2. The number of fused-ring (bicyclic) bond motifs is 7. The van der Waals surface area contributed by atoms with Crippen LogP contribution < -0.4 is 0 Å². The first-order valence-corrected chi connectivity index (χ1v) is 13.3. The van der Waals surface area contributed by atoms with E-state index in [1.165, 1.54) is 0 Å². The molecule has 34 heavy (non-hydrogen) atoms. The smallest absolute Gasteiger partial charge is 0.310 e. The molecule has 0 radical (unpaired) electrons. The molecule has 186 valence electrons. The zero-order chi connectivity index (χ0) is 25.1. The second kappa shape index (κ2) is 6.73. The van der Waals surface area contributed by atoms with Crippen molar-refractivity contribution in [2.24, 2.45) is 50.2 Å². The highest BCUT2D eigenvalue weighted by atomic mass is 16.4. The lowest BCUT2D eigenvalue weighted by atomic mass is 9.34. The first-order chi connectivity index (χ1) is 15.6. The van der Waals surface area contributed by atoms with Crippen molar-refractivity contribution in [2.45, 2.75) is 93.4 Å². The third kappa shape index (κ3) is 2.69. The van der Waals surface area contributed by atoms with Crippen molar-refractivity contribution in [3.8, 4) is 0 Å². The normalized spacial score (nSPS) is 48.7. The summed E-state index contributed by atoms with van der Waals surface area (Å²) < 4.78 is 0. The summed E-state index contributed by atoms with van der Waals surface area (Å²) in [6, 6.07) is 0. The summed E-state index contributed by atoms with van der Waals surface area (Å²) in [5.41, 5.74) is -0.875. The lowest BCUT2D eigenvalue weighted by Crippen LogP contribution is -2.66. The molecule has 0 spiro atoms. The van der Waals surface area contributed by atoms with E-state index in [0.717, 1.165) is 37.7 Å². The highest BCUT2D eigenvalue weighted by Crippen LogP contribution is 2.74. The van der Waals surface area contributed by atoms with Gasteiger partial charge < -0.3 is 5.11 Å². The largest absolute Gasteiger partial charge is 0.481 e. The molecule has 4 heteroatoms. The van der Waals surface area contributed by atoms with Crippen LogP contribution in [0.3, 0.4) is 0 Å². The van der Waals surface area contributed by atoms with Gasteiger partial charge in [-0.15, -0.1) is 0 Å². The quantitative estimate of drug-likeness (QED) is 0.485. The Kier molecular flexibility index (Phi) is 4.75. The summed E-state index contributed by atoms with van der Waals surface area (Å²) in [5, 5.41) is 10.5. The number of carboxylic acids is 1. The van der Waals surface area contributed by atoms with Gasteiger partial charge >= 0.3 is 5.97 Å². The molecule has 0 amide bonds. The molecule has 5 aliphatic rings. The maximum absolute atomic E-state index is 14.2. The predicted octanol–water partition coefficient (Wildman–Crippen LogP) is 6.40. The second-order valence-electron chi connectivity index (χ2n) is 14.4. The highest BCUT2D eigenvalue weighted by molar-refractivity contribution is 5.99. The minimum Gasteiger partial charge on any atom is -0.481 e. The van der Waals surface area contributed by atoms with Gasteiger partial charge in [0.25, 0.3) is 0 Å². The second-order valence-corrected chi connectivity index (χ2v) is 14.4. The summed E-state index contributed by atoms with van der Waals surface area (Å²) in [6.07, 6.45) is 11.5. The van der Waals surface area contributed by atoms with Crippen molar-refractivity contribution in [1.82, 2.24) is 0 Å². The molecule has 0 bridgehead atoms. The van der Waals surface area contributed by atoms with Gasteiger partial charge in [0.05, 0.1) is 5.41 Å². The Morgan fingerprint density at radius 3 is 2.24 bits per heavy atom. The fourth-order valence-electron chi connectivity index (χ4n) is 9.76. The van der Waals surface area contributed by atoms with Gasteiger partial charge in [-0.1, -0.05) is 60.1 Å². The molecule has 1 unspecified atom stereocenters. The van der Waals surface area contributed by atoms with Gasteiger partial charge in [-0.2, -0.15) is 0 Å². The van der Waals surface area contributed by atoms with Crippen LogP contribution in [0.5, 0.6) is 0 Å². The van der Waals surface area contributed by atoms with Crippen LogP contribution in [0.4, 0.5) is 0 Å². The van der Waals surface area contributed by atoms with Crippen LogP contribution in [0, 0.1) is 50.2 Å². The zero-order valence-corrected chi connectivity index (χ0v) is 22.1. The number of rotatable bonds is 1. The number of carboxylic acid groups (broad SMARTS) is 1. The van der Waals surface area contributed by atoms with Crippen molar-refractivity contribution in [3.63, 3.8) is 0 Å². The molecule has 0 aromatic heterocycles. The predicted molar refractivity (Wildman–Crippen MR) is 132 cm³/mol. The van der Waals surface area contributed by atoms with Crippen molar-refractivity contribution >= 4 is 17.5 Å². The molecule has 0 aliphatic heterocycles. The molecular weight excluding hydrogens is 424 g/mol. The molecule has 5 rings (SSSR count). The minimum absolute atomic E-state index is 0.0731. The van der Waals surface area contributed by atoms with Crippen molar-refractivity contribution in [3.05, 3.63) is 23.8 Å². The Morgan fingerprint density at radius 1 is 0.941 bits per heavy atom. The summed E-state index contributed by atoms with van der Waals surface area (Å²) in [5.74, 6) is -0.501. The Bertz CT molecular complexity index is 1050. The number of allylic oxidation sites excluding steroid dienone is 4. The van der Waals surface area contributed by atoms with Crippen LogP contribution in [0.15, 0.2) is 23.8 Å². The van der Waals surface area contributed by atoms with Crippen molar-refractivity contribution in [1.29, 1.82) is 0 Å². The van der Waals surface area contributed by atoms with Gasteiger partial charge in [-0.25, -0.2) is 0 Å². The summed E-state index contributed by atoms with van der Waals surface area (Å²) in [7, 11) is 0. The molecule has 4 nitrogen and oxygen atoms in total. The summed E-state index contributed by atoms with van der Waals surface area (Å²) >= 11 is 0. The lowest BCUT2D eigenvalue weighted by molar-refractivity contribution is -0.178. The van der Waals surface area contributed by atoms with E-state index in [4.69, 9.17) is 0 Å². The SMILES string of the molecule is CC1(C)CC[C@]2(C(=O)O)CC[C@]3(C)C(=CC(=O)[C@@H]4[C@@]5(C)C=CC(=O)C(C)(C)C5CC[C@]43C)[C@H]2C1. The summed E-state index contributed by atoms with van der Waals surface area (Å²) in [6.45, 7) is 15.4. The average molecular weight is 467 g/mol. The van der Waals surface area contributed by atoms with Crippen molar-refractivity contribution in [2.75, 3.05) is 0 Å². The fraction of sp³-hybridized carbons (Fsp3) is 0.767. The summed E-state index contributed by atoms with van der Waals surface area (Å²) in [4.78, 5) is 39.7.